The summed E-state index contributed by atoms with van der Waals surface area (Å²) in [4.78, 5) is 6.42. The van der Waals surface area contributed by atoms with Crippen LogP contribution in [0, 0.1) is 5.82 Å². The molecule has 126 valence electrons. The molecule has 0 fully saturated rings. The summed E-state index contributed by atoms with van der Waals surface area (Å²) in [5.41, 5.74) is 1.89. The maximum Gasteiger partial charge on any atom is 0.240 e. The Balaban J connectivity index is 1.60. The molecule has 0 aliphatic carbocycles. The molecule has 24 heavy (non-hydrogen) atoms. The average molecular weight is 346 g/mol. The average Bonchev–Trinajstić information content (AvgIpc) is 3.22. The number of nitrogens with zero attached hydrogens (tertiary/aromatic N) is 3. The van der Waals surface area contributed by atoms with E-state index in [2.05, 4.69) is 15.5 Å². The van der Waals surface area contributed by atoms with Gasteiger partial charge in [-0.15, -0.1) is 0 Å². The minimum Gasteiger partial charge on any atom is -0.338 e. The lowest BCUT2D eigenvalue weighted by Gasteiger charge is -2.25. The first kappa shape index (κ1) is 16.8. The van der Waals surface area contributed by atoms with E-state index in [0.29, 0.717) is 24.8 Å². The van der Waals surface area contributed by atoms with E-state index >= 15 is 0 Å². The number of likely N-dealkylation sites (N-methyl/N-ethyl adjacent to an activating group) is 1. The van der Waals surface area contributed by atoms with E-state index in [0.717, 1.165) is 11.1 Å². The molecule has 7 heteroatoms. The summed E-state index contributed by atoms with van der Waals surface area (Å²) >= 11 is 1.59. The van der Waals surface area contributed by atoms with Crippen molar-refractivity contribution in [1.29, 1.82) is 0 Å². The molecule has 0 unspecified atom stereocenters. The molecule has 0 spiro atoms. The van der Waals surface area contributed by atoms with E-state index in [1.54, 1.807) is 23.5 Å². The number of benzene rings is 1. The molecular formula is C17H19FN4OS. The van der Waals surface area contributed by atoms with Gasteiger partial charge in [0.1, 0.15) is 5.82 Å². The lowest BCUT2D eigenvalue weighted by Crippen LogP contribution is -2.31. The number of hydrogen-bond acceptors (Lipinski definition) is 6. The number of aromatic nitrogens is 2. The second-order valence-electron chi connectivity index (χ2n) is 5.69. The molecule has 1 aromatic carbocycles. The molecule has 3 rings (SSSR count). The van der Waals surface area contributed by atoms with Crippen molar-refractivity contribution in [2.24, 2.45) is 0 Å². The van der Waals surface area contributed by atoms with Crippen LogP contribution in [-0.4, -0.2) is 35.7 Å². The molecule has 0 saturated carbocycles. The normalized spacial score (nSPS) is 12.7. The highest BCUT2D eigenvalue weighted by Gasteiger charge is 2.15. The molecule has 0 radical (unpaired) electrons. The first-order valence-electron chi connectivity index (χ1n) is 7.61. The van der Waals surface area contributed by atoms with Gasteiger partial charge in [0.25, 0.3) is 0 Å². The number of nitrogens with one attached hydrogen (secondary N) is 1. The van der Waals surface area contributed by atoms with Gasteiger partial charge in [0.2, 0.25) is 11.7 Å². The van der Waals surface area contributed by atoms with Crippen LogP contribution in [0.3, 0.4) is 0 Å². The molecular weight excluding hydrogens is 327 g/mol. The maximum absolute atomic E-state index is 13.4. The predicted molar refractivity (Wildman–Crippen MR) is 92.1 cm³/mol. The number of thiophene rings is 1. The predicted octanol–water partition coefficient (Wildman–Crippen LogP) is 3.33. The smallest absolute Gasteiger partial charge is 0.240 e. The van der Waals surface area contributed by atoms with Crippen molar-refractivity contribution in [2.45, 2.75) is 12.6 Å². The molecule has 0 aliphatic rings. The molecule has 0 amide bonds. The van der Waals surface area contributed by atoms with E-state index in [1.807, 2.05) is 41.9 Å². The van der Waals surface area contributed by atoms with E-state index in [-0.39, 0.29) is 11.9 Å². The molecule has 2 aromatic heterocycles. The largest absolute Gasteiger partial charge is 0.338 e. The number of rotatable bonds is 7. The van der Waals surface area contributed by atoms with Gasteiger partial charge in [-0.3, -0.25) is 0 Å². The van der Waals surface area contributed by atoms with Gasteiger partial charge in [-0.2, -0.15) is 16.3 Å². The van der Waals surface area contributed by atoms with Crippen LogP contribution in [-0.2, 0) is 6.54 Å². The highest BCUT2D eigenvalue weighted by molar-refractivity contribution is 7.08. The van der Waals surface area contributed by atoms with Gasteiger partial charge >= 0.3 is 0 Å². The Morgan fingerprint density at radius 2 is 2.21 bits per heavy atom. The summed E-state index contributed by atoms with van der Waals surface area (Å²) in [7, 11) is 3.94. The van der Waals surface area contributed by atoms with Crippen LogP contribution in [0.5, 0.6) is 0 Å². The second-order valence-corrected chi connectivity index (χ2v) is 6.47. The first-order chi connectivity index (χ1) is 11.6. The van der Waals surface area contributed by atoms with Crippen LogP contribution in [0.25, 0.3) is 11.4 Å². The van der Waals surface area contributed by atoms with Crippen LogP contribution in [0.15, 0.2) is 45.6 Å². The zero-order chi connectivity index (χ0) is 16.9. The zero-order valence-corrected chi connectivity index (χ0v) is 14.4. The number of halogens is 1. The summed E-state index contributed by atoms with van der Waals surface area (Å²) in [5.74, 6) is 0.909. The third-order valence-electron chi connectivity index (χ3n) is 3.72. The number of hydrogen-bond donors (Lipinski definition) is 1. The summed E-state index contributed by atoms with van der Waals surface area (Å²) < 4.78 is 18.7. The van der Waals surface area contributed by atoms with Crippen molar-refractivity contribution in [3.63, 3.8) is 0 Å². The SMILES string of the molecule is CN(C)[C@H](CNCc1nc(-c2ccsc2)no1)c1cccc(F)c1. The highest BCUT2D eigenvalue weighted by atomic mass is 32.1. The molecule has 0 aliphatic heterocycles. The Bertz CT molecular complexity index is 773. The van der Waals surface area contributed by atoms with Gasteiger partial charge in [0.05, 0.1) is 6.54 Å². The summed E-state index contributed by atoms with van der Waals surface area (Å²) in [5, 5.41) is 11.2. The molecule has 3 aromatic rings. The van der Waals surface area contributed by atoms with Crippen LogP contribution in [0.1, 0.15) is 17.5 Å². The lowest BCUT2D eigenvalue weighted by molar-refractivity contribution is 0.281. The highest BCUT2D eigenvalue weighted by Crippen LogP contribution is 2.20. The Morgan fingerprint density at radius 1 is 1.33 bits per heavy atom. The molecule has 2 heterocycles. The maximum atomic E-state index is 13.4. The van der Waals surface area contributed by atoms with E-state index < -0.39 is 0 Å². The third-order valence-corrected chi connectivity index (χ3v) is 4.40. The Hall–Kier alpha value is -2.09. The minimum absolute atomic E-state index is 0.0555. The fraction of sp³-hybridized carbons (Fsp3) is 0.294. The Morgan fingerprint density at radius 3 is 2.92 bits per heavy atom. The van der Waals surface area contributed by atoms with Crippen LogP contribution < -0.4 is 5.32 Å². The lowest BCUT2D eigenvalue weighted by atomic mass is 10.1. The molecule has 5 nitrogen and oxygen atoms in total. The molecule has 1 N–H and O–H groups in total. The van der Waals surface area contributed by atoms with Crippen LogP contribution in [0.4, 0.5) is 4.39 Å². The van der Waals surface area contributed by atoms with Crippen LogP contribution >= 0.6 is 11.3 Å². The van der Waals surface area contributed by atoms with E-state index in [1.165, 1.54) is 6.07 Å². The van der Waals surface area contributed by atoms with Crippen molar-refractivity contribution in [3.8, 4) is 11.4 Å². The summed E-state index contributed by atoms with van der Waals surface area (Å²) in [6.07, 6.45) is 0. The fourth-order valence-corrected chi connectivity index (χ4v) is 3.10. The van der Waals surface area contributed by atoms with Gasteiger partial charge < -0.3 is 14.7 Å². The molecule has 0 saturated heterocycles. The van der Waals surface area contributed by atoms with Gasteiger partial charge in [-0.25, -0.2) is 4.39 Å². The van der Waals surface area contributed by atoms with E-state index in [4.69, 9.17) is 4.52 Å². The Kier molecular flexibility index (Phi) is 5.34. The van der Waals surface area contributed by atoms with Gasteiger partial charge in [-0.1, -0.05) is 17.3 Å². The minimum atomic E-state index is -0.225. The van der Waals surface area contributed by atoms with Crippen molar-refractivity contribution in [3.05, 3.63) is 58.4 Å². The van der Waals surface area contributed by atoms with Crippen LogP contribution in [0.2, 0.25) is 0 Å². The monoisotopic (exact) mass is 346 g/mol. The van der Waals surface area contributed by atoms with Crippen molar-refractivity contribution in [2.75, 3.05) is 20.6 Å². The van der Waals surface area contributed by atoms with Gasteiger partial charge in [0, 0.05) is 23.5 Å². The summed E-state index contributed by atoms with van der Waals surface area (Å²) in [6, 6.07) is 8.68. The summed E-state index contributed by atoms with van der Waals surface area (Å²) in [6.45, 7) is 1.11. The standard InChI is InChI=1S/C17H19FN4OS/c1-22(2)15(12-4-3-5-14(18)8-12)9-19-10-16-20-17(21-23-16)13-6-7-24-11-13/h3-8,11,15,19H,9-10H2,1-2H3/t15-/m1/s1. The third kappa shape index (κ3) is 4.05. The fourth-order valence-electron chi connectivity index (χ4n) is 2.46. The van der Waals surface area contributed by atoms with Gasteiger partial charge in [-0.05, 0) is 43.2 Å². The topological polar surface area (TPSA) is 54.2 Å². The molecule has 0 bridgehead atoms. The Labute approximate surface area is 144 Å². The first-order valence-corrected chi connectivity index (χ1v) is 8.55. The quantitative estimate of drug-likeness (QED) is 0.711. The van der Waals surface area contributed by atoms with Gasteiger partial charge in [0.15, 0.2) is 0 Å². The second kappa shape index (κ2) is 7.65. The molecule has 1 atom stereocenters. The van der Waals surface area contributed by atoms with Crippen molar-refractivity contribution >= 4 is 11.3 Å². The van der Waals surface area contributed by atoms with Crippen molar-refractivity contribution in [1.82, 2.24) is 20.4 Å². The zero-order valence-electron chi connectivity index (χ0n) is 13.6. The van der Waals surface area contributed by atoms with Crippen molar-refractivity contribution < 1.29 is 8.91 Å². The van der Waals surface area contributed by atoms with E-state index in [9.17, 15) is 4.39 Å².